The number of fused-ring (bicyclic) bond motifs is 5. The van der Waals surface area contributed by atoms with Crippen molar-refractivity contribution in [2.75, 3.05) is 48.7 Å². The van der Waals surface area contributed by atoms with Gasteiger partial charge in [0.05, 0.1) is 32.9 Å². The number of rotatable bonds is 6. The van der Waals surface area contributed by atoms with E-state index in [9.17, 15) is 13.6 Å². The molecule has 4 saturated heterocycles. The molecule has 0 saturated carbocycles. The first kappa shape index (κ1) is 32.4. The number of nitrogens with one attached hydrogen (secondary N) is 1. The van der Waals surface area contributed by atoms with Crippen LogP contribution in [0.4, 0.5) is 34.9 Å². The van der Waals surface area contributed by atoms with Crippen LogP contribution in [0.5, 0.6) is 6.01 Å². The van der Waals surface area contributed by atoms with Gasteiger partial charge in [-0.15, -0.1) is 0 Å². The first-order valence-electron chi connectivity index (χ1n) is 16.9. The number of amides is 2. The van der Waals surface area contributed by atoms with Crippen LogP contribution in [0, 0.1) is 11.6 Å². The Morgan fingerprint density at radius 1 is 1.10 bits per heavy atom. The largest absolute Gasteiger partial charge is 0.461 e. The molecule has 0 spiro atoms. The third kappa shape index (κ3) is 5.46. The van der Waals surface area contributed by atoms with Crippen molar-refractivity contribution >= 4 is 67.0 Å². The first-order chi connectivity index (χ1) is 24.7. The molecule has 51 heavy (non-hydrogen) atoms. The number of anilines is 3. The lowest BCUT2D eigenvalue weighted by atomic mass is 9.95. The number of nitrogen functional groups attached to an aromatic ring is 1. The van der Waals surface area contributed by atoms with Crippen molar-refractivity contribution in [1.82, 2.24) is 34.7 Å². The predicted molar refractivity (Wildman–Crippen MR) is 188 cm³/mol. The van der Waals surface area contributed by atoms with Crippen LogP contribution in [-0.2, 0) is 0 Å². The molecule has 3 aromatic heterocycles. The second kappa shape index (κ2) is 12.3. The lowest BCUT2D eigenvalue weighted by Crippen LogP contribution is -2.57. The maximum atomic E-state index is 17.0. The quantitative estimate of drug-likeness (QED) is 0.212. The number of nitrogens with two attached hydrogens (primary N) is 1. The monoisotopic (exact) mass is 736 g/mol. The number of carbonyl (C=O) groups is 1. The summed E-state index contributed by atoms with van der Waals surface area (Å²) in [5, 5.41) is 3.34. The molecule has 9 rings (SSSR count). The van der Waals surface area contributed by atoms with Crippen molar-refractivity contribution in [3.63, 3.8) is 0 Å². The zero-order valence-electron chi connectivity index (χ0n) is 27.2. The third-order valence-corrected chi connectivity index (χ3v) is 11.8. The number of benzene rings is 2. The molecule has 7 heterocycles. The fourth-order valence-corrected chi connectivity index (χ4v) is 9.54. The van der Waals surface area contributed by atoms with Gasteiger partial charge >= 0.3 is 12.0 Å². The maximum absolute atomic E-state index is 17.0. The second-order valence-corrected chi connectivity index (χ2v) is 15.1. The first-order valence-corrected chi connectivity index (χ1v) is 18.0. The van der Waals surface area contributed by atoms with Gasteiger partial charge in [0.25, 0.3) is 0 Å². The van der Waals surface area contributed by atoms with Crippen LogP contribution in [0.2, 0.25) is 5.02 Å². The van der Waals surface area contributed by atoms with Crippen molar-refractivity contribution in [1.29, 1.82) is 0 Å². The molecule has 5 aromatic rings. The summed E-state index contributed by atoms with van der Waals surface area (Å²) >= 11 is 7.83. The van der Waals surface area contributed by atoms with Crippen LogP contribution in [0.3, 0.4) is 0 Å². The number of ether oxygens (including phenoxy) is 1. The van der Waals surface area contributed by atoms with E-state index in [0.29, 0.717) is 37.3 Å². The lowest BCUT2D eigenvalue weighted by Gasteiger charge is -2.41. The number of urea groups is 1. The molecule has 17 heteroatoms. The van der Waals surface area contributed by atoms with Gasteiger partial charge in [0.15, 0.2) is 10.9 Å². The highest BCUT2D eigenvalue weighted by molar-refractivity contribution is 7.22. The Balaban J connectivity index is 1.11. The zero-order chi connectivity index (χ0) is 35.0. The molecule has 3 N–H and O–H groups in total. The molecule has 0 radical (unpaired) electrons. The third-order valence-electron chi connectivity index (χ3n) is 10.7. The Bertz CT molecular complexity index is 2180. The maximum Gasteiger partial charge on any atom is 0.324 e. The van der Waals surface area contributed by atoms with Gasteiger partial charge in [-0.1, -0.05) is 22.9 Å². The minimum absolute atomic E-state index is 0.00335. The van der Waals surface area contributed by atoms with Crippen LogP contribution in [0.1, 0.15) is 32.1 Å². The van der Waals surface area contributed by atoms with Gasteiger partial charge in [0.2, 0.25) is 5.95 Å². The van der Waals surface area contributed by atoms with E-state index in [-0.39, 0.29) is 73.7 Å². The number of aromatic nitrogens is 5. The molecule has 0 aliphatic carbocycles. The standard InChI is InChI=1S/C34H32ClF3N10O2S/c35-22-11-21-26(25(38)24(22)20-5-6-23(37)28-27(20)42-30(39)51-28)43-32(50-16-34-7-1-10-47(34)13-17(36)12-34)44-29(21)46-14-18-3-4-19(15-46)48(18)33(49)45-31-40-8-2-9-41-31/h2,5-6,8-9,11,17-19H,1,3-4,7,10,12-16H2,(H2,39,42)(H,40,41,45,49)/t17-,18?,19?,34+/m1/s1. The van der Waals surface area contributed by atoms with Gasteiger partial charge in [-0.05, 0) is 56.5 Å². The minimum Gasteiger partial charge on any atom is -0.461 e. The van der Waals surface area contributed by atoms with Crippen molar-refractivity contribution in [2.45, 2.75) is 55.9 Å². The van der Waals surface area contributed by atoms with E-state index in [1.54, 1.807) is 24.5 Å². The van der Waals surface area contributed by atoms with Crippen LogP contribution >= 0.6 is 22.9 Å². The summed E-state index contributed by atoms with van der Waals surface area (Å²) < 4.78 is 52.8. The Hall–Kier alpha value is -4.54. The van der Waals surface area contributed by atoms with Crippen molar-refractivity contribution in [2.24, 2.45) is 0 Å². The molecule has 12 nitrogen and oxygen atoms in total. The number of piperazine rings is 1. The van der Waals surface area contributed by atoms with Crippen molar-refractivity contribution in [3.8, 4) is 17.1 Å². The number of nitrogens with zero attached hydrogens (tertiary/aromatic N) is 8. The second-order valence-electron chi connectivity index (χ2n) is 13.7. The van der Waals surface area contributed by atoms with Crippen LogP contribution in [0.25, 0.3) is 32.2 Å². The van der Waals surface area contributed by atoms with E-state index in [1.165, 1.54) is 12.1 Å². The van der Waals surface area contributed by atoms with Gasteiger partial charge in [-0.2, -0.15) is 9.97 Å². The molecule has 4 atom stereocenters. The van der Waals surface area contributed by atoms with Gasteiger partial charge in [0.1, 0.15) is 29.9 Å². The van der Waals surface area contributed by atoms with E-state index in [2.05, 4.69) is 30.2 Å². The van der Waals surface area contributed by atoms with Crippen molar-refractivity contribution in [3.05, 3.63) is 53.3 Å². The van der Waals surface area contributed by atoms with Crippen LogP contribution in [-0.4, -0.2) is 97.3 Å². The Kier molecular flexibility index (Phi) is 7.81. The molecule has 4 aliphatic rings. The van der Waals surface area contributed by atoms with Gasteiger partial charge < -0.3 is 20.3 Å². The summed E-state index contributed by atoms with van der Waals surface area (Å²) in [4.78, 5) is 41.3. The fraction of sp³-hybridized carbons (Fsp3) is 0.412. The highest BCUT2D eigenvalue weighted by atomic mass is 35.5. The molecular formula is C34H32ClF3N10O2S. The molecular weight excluding hydrogens is 705 g/mol. The van der Waals surface area contributed by atoms with Crippen LogP contribution < -0.4 is 20.7 Å². The SMILES string of the molecule is Nc1nc2c(-c3c(Cl)cc4c(N5CC6CCC(C5)N6C(=O)Nc5ncccn5)nc(OC[C@@]56CCCN5C[C@H](F)C6)nc4c3F)ccc(F)c2s1. The summed E-state index contributed by atoms with van der Waals surface area (Å²) in [5.74, 6) is -0.653. The van der Waals surface area contributed by atoms with Crippen molar-refractivity contribution < 1.29 is 22.7 Å². The summed E-state index contributed by atoms with van der Waals surface area (Å²) in [6.07, 6.45) is 5.74. The molecule has 4 fully saturated rings. The number of thiazole rings is 1. The number of alkyl halides is 1. The van der Waals surface area contributed by atoms with E-state index in [4.69, 9.17) is 27.1 Å². The van der Waals surface area contributed by atoms with Gasteiger partial charge in [0, 0.05) is 55.0 Å². The van der Waals surface area contributed by atoms with E-state index >= 15 is 4.39 Å². The summed E-state index contributed by atoms with van der Waals surface area (Å²) in [5.41, 5.74) is 5.87. The summed E-state index contributed by atoms with van der Waals surface area (Å²) in [6.45, 7) is 2.11. The molecule has 2 unspecified atom stereocenters. The molecule has 2 amide bonds. The lowest BCUT2D eigenvalue weighted by molar-refractivity contribution is 0.107. The molecule has 264 valence electrons. The molecule has 4 aliphatic heterocycles. The fourth-order valence-electron chi connectivity index (χ4n) is 8.49. The smallest absolute Gasteiger partial charge is 0.324 e. The van der Waals surface area contributed by atoms with E-state index in [1.807, 2.05) is 9.80 Å². The zero-order valence-corrected chi connectivity index (χ0v) is 28.7. The average molecular weight is 737 g/mol. The number of hydrogen-bond donors (Lipinski definition) is 2. The normalized spacial score (nSPS) is 24.5. The number of carbonyl (C=O) groups excluding carboxylic acids is 1. The average Bonchev–Trinajstić information content (AvgIpc) is 3.84. The van der Waals surface area contributed by atoms with E-state index < -0.39 is 23.3 Å². The number of hydrogen-bond acceptors (Lipinski definition) is 11. The predicted octanol–water partition coefficient (Wildman–Crippen LogP) is 6.05. The Labute approximate surface area is 298 Å². The van der Waals surface area contributed by atoms with E-state index in [0.717, 1.165) is 43.6 Å². The van der Waals surface area contributed by atoms with Crippen LogP contribution in [0.15, 0.2) is 36.7 Å². The Morgan fingerprint density at radius 3 is 2.67 bits per heavy atom. The minimum atomic E-state index is -0.950. The number of halogens is 4. The summed E-state index contributed by atoms with van der Waals surface area (Å²) in [7, 11) is 0. The topological polar surface area (TPSA) is 139 Å². The van der Waals surface area contributed by atoms with Gasteiger partial charge in [-0.25, -0.2) is 32.9 Å². The highest BCUT2D eigenvalue weighted by Crippen LogP contribution is 2.45. The van der Waals surface area contributed by atoms with Gasteiger partial charge in [-0.3, -0.25) is 10.2 Å². The summed E-state index contributed by atoms with van der Waals surface area (Å²) in [6, 6.07) is 5.25. The highest BCUT2D eigenvalue weighted by Gasteiger charge is 2.49. The molecule has 2 aromatic carbocycles. The Morgan fingerprint density at radius 2 is 1.88 bits per heavy atom. The molecule has 2 bridgehead atoms.